The molecular weight excluding hydrogens is 222 g/mol. The van der Waals surface area contributed by atoms with Gasteiger partial charge < -0.3 is 5.32 Å². The highest BCUT2D eigenvalue weighted by atomic mass is 15.3. The van der Waals surface area contributed by atoms with Crippen LogP contribution in [0.4, 0.5) is 0 Å². The molecule has 94 valence electrons. The average molecular weight is 241 g/mol. The van der Waals surface area contributed by atoms with Crippen molar-refractivity contribution < 1.29 is 0 Å². The Hall–Kier alpha value is -1.61. The third kappa shape index (κ3) is 2.46. The lowest BCUT2D eigenvalue weighted by molar-refractivity contribution is 0.664. The van der Waals surface area contributed by atoms with Gasteiger partial charge in [0.25, 0.3) is 0 Å². The topological polar surface area (TPSA) is 29.9 Å². The summed E-state index contributed by atoms with van der Waals surface area (Å²) >= 11 is 0. The highest BCUT2D eigenvalue weighted by Crippen LogP contribution is 2.19. The number of aryl methyl sites for hydroxylation is 2. The Kier molecular flexibility index (Phi) is 2.92. The summed E-state index contributed by atoms with van der Waals surface area (Å²) in [5.41, 5.74) is 4.83. The summed E-state index contributed by atoms with van der Waals surface area (Å²) < 4.78 is 1.97. The van der Waals surface area contributed by atoms with Crippen LogP contribution in [0.1, 0.15) is 29.7 Å². The van der Waals surface area contributed by atoms with Crippen molar-refractivity contribution in [3.63, 3.8) is 0 Å². The van der Waals surface area contributed by atoms with Crippen LogP contribution >= 0.6 is 0 Å². The molecule has 0 atom stereocenters. The largest absolute Gasteiger partial charge is 0.308 e. The van der Waals surface area contributed by atoms with Gasteiger partial charge >= 0.3 is 0 Å². The molecule has 0 spiro atoms. The number of aromatic nitrogens is 2. The summed E-state index contributed by atoms with van der Waals surface area (Å²) in [6.45, 7) is 5.12. The first-order valence-electron chi connectivity index (χ1n) is 6.58. The van der Waals surface area contributed by atoms with Crippen molar-refractivity contribution in [3.8, 4) is 5.69 Å². The zero-order valence-corrected chi connectivity index (χ0v) is 11.0. The minimum Gasteiger partial charge on any atom is -0.308 e. The summed E-state index contributed by atoms with van der Waals surface area (Å²) in [4.78, 5) is 0. The van der Waals surface area contributed by atoms with Gasteiger partial charge in [-0.05, 0) is 44.4 Å². The molecule has 0 amide bonds. The molecule has 0 radical (unpaired) electrons. The van der Waals surface area contributed by atoms with Crippen LogP contribution in [-0.2, 0) is 6.54 Å². The first kappa shape index (κ1) is 11.5. The Labute approximate surface area is 108 Å². The van der Waals surface area contributed by atoms with E-state index >= 15 is 0 Å². The lowest BCUT2D eigenvalue weighted by Gasteiger charge is -2.06. The van der Waals surface area contributed by atoms with Crippen molar-refractivity contribution in [2.24, 2.45) is 0 Å². The molecule has 0 aliphatic heterocycles. The van der Waals surface area contributed by atoms with Gasteiger partial charge in [-0.25, -0.2) is 4.68 Å². The Bertz CT molecular complexity index is 553. The van der Waals surface area contributed by atoms with Crippen LogP contribution in [0.15, 0.2) is 30.5 Å². The summed E-state index contributed by atoms with van der Waals surface area (Å²) in [5, 5.41) is 8.11. The van der Waals surface area contributed by atoms with Crippen LogP contribution in [0.3, 0.4) is 0 Å². The highest BCUT2D eigenvalue weighted by Gasteiger charge is 2.20. The molecule has 0 unspecified atom stereocenters. The van der Waals surface area contributed by atoms with E-state index in [1.165, 1.54) is 29.7 Å². The normalized spacial score (nSPS) is 15.0. The van der Waals surface area contributed by atoms with Crippen LogP contribution in [0.25, 0.3) is 5.69 Å². The molecule has 3 heteroatoms. The van der Waals surface area contributed by atoms with Crippen molar-refractivity contribution in [1.82, 2.24) is 15.1 Å². The first-order valence-corrected chi connectivity index (χ1v) is 6.58. The maximum atomic E-state index is 4.62. The average Bonchev–Trinajstić information content (AvgIpc) is 3.05. The van der Waals surface area contributed by atoms with Crippen LogP contribution in [0, 0.1) is 13.8 Å². The second-order valence-corrected chi connectivity index (χ2v) is 5.20. The van der Waals surface area contributed by atoms with Gasteiger partial charge in [0.2, 0.25) is 0 Å². The van der Waals surface area contributed by atoms with E-state index in [1.807, 2.05) is 10.9 Å². The van der Waals surface area contributed by atoms with E-state index in [0.29, 0.717) is 0 Å². The number of rotatable bonds is 4. The fraction of sp³-hybridized carbons (Fsp3) is 0.400. The van der Waals surface area contributed by atoms with E-state index in [4.69, 9.17) is 0 Å². The van der Waals surface area contributed by atoms with E-state index < -0.39 is 0 Å². The molecule has 3 rings (SSSR count). The second-order valence-electron chi connectivity index (χ2n) is 5.20. The molecule has 18 heavy (non-hydrogen) atoms. The molecule has 0 bridgehead atoms. The molecule has 1 aliphatic carbocycles. The van der Waals surface area contributed by atoms with Crippen LogP contribution in [0.2, 0.25) is 0 Å². The second kappa shape index (κ2) is 4.58. The molecular formula is C15H19N3. The van der Waals surface area contributed by atoms with Crippen molar-refractivity contribution >= 4 is 0 Å². The quantitative estimate of drug-likeness (QED) is 0.892. The molecule has 1 N–H and O–H groups in total. The Morgan fingerprint density at radius 3 is 2.83 bits per heavy atom. The molecule has 1 fully saturated rings. The van der Waals surface area contributed by atoms with Gasteiger partial charge in [-0.2, -0.15) is 5.10 Å². The van der Waals surface area contributed by atoms with Gasteiger partial charge in [-0.1, -0.05) is 17.7 Å². The van der Waals surface area contributed by atoms with E-state index in [-0.39, 0.29) is 0 Å². The predicted molar refractivity (Wildman–Crippen MR) is 72.9 cm³/mol. The van der Waals surface area contributed by atoms with E-state index in [0.717, 1.165) is 18.3 Å². The van der Waals surface area contributed by atoms with E-state index in [1.54, 1.807) is 0 Å². The van der Waals surface area contributed by atoms with Crippen molar-refractivity contribution in [3.05, 3.63) is 47.3 Å². The summed E-state index contributed by atoms with van der Waals surface area (Å²) in [6, 6.07) is 9.28. The maximum Gasteiger partial charge on any atom is 0.0766 e. The summed E-state index contributed by atoms with van der Waals surface area (Å²) in [5.74, 6) is 0. The Morgan fingerprint density at radius 2 is 2.11 bits per heavy atom. The van der Waals surface area contributed by atoms with Crippen molar-refractivity contribution in [1.29, 1.82) is 0 Å². The Morgan fingerprint density at radius 1 is 1.28 bits per heavy atom. The fourth-order valence-corrected chi connectivity index (χ4v) is 2.19. The van der Waals surface area contributed by atoms with Gasteiger partial charge in [0.05, 0.1) is 11.4 Å². The number of benzene rings is 1. The number of hydrogen-bond donors (Lipinski definition) is 1. The molecule has 0 saturated heterocycles. The predicted octanol–water partition coefficient (Wildman–Crippen LogP) is 2.74. The van der Waals surface area contributed by atoms with Gasteiger partial charge in [0.1, 0.15) is 0 Å². The molecule has 3 nitrogen and oxygen atoms in total. The summed E-state index contributed by atoms with van der Waals surface area (Å²) in [6.07, 6.45) is 4.68. The van der Waals surface area contributed by atoms with E-state index in [2.05, 4.69) is 48.5 Å². The number of nitrogens with zero attached hydrogens (tertiary/aromatic N) is 2. The first-order chi connectivity index (χ1) is 8.72. The fourth-order valence-electron chi connectivity index (χ4n) is 2.19. The summed E-state index contributed by atoms with van der Waals surface area (Å²) in [7, 11) is 0. The van der Waals surface area contributed by atoms with Gasteiger partial charge in [0, 0.05) is 18.8 Å². The minimum atomic E-state index is 0.733. The Balaban J connectivity index is 1.78. The van der Waals surface area contributed by atoms with Crippen LogP contribution in [-0.4, -0.2) is 15.8 Å². The molecule has 2 aromatic rings. The molecule has 1 aromatic carbocycles. The third-order valence-electron chi connectivity index (χ3n) is 3.39. The third-order valence-corrected chi connectivity index (χ3v) is 3.39. The molecule has 1 saturated carbocycles. The van der Waals surface area contributed by atoms with Crippen LogP contribution < -0.4 is 5.32 Å². The lowest BCUT2D eigenvalue weighted by atomic mass is 10.1. The van der Waals surface area contributed by atoms with Crippen molar-refractivity contribution in [2.75, 3.05) is 0 Å². The number of nitrogens with one attached hydrogen (secondary N) is 1. The monoisotopic (exact) mass is 241 g/mol. The van der Waals surface area contributed by atoms with Gasteiger partial charge in [-0.3, -0.25) is 0 Å². The van der Waals surface area contributed by atoms with Crippen molar-refractivity contribution in [2.45, 2.75) is 39.3 Å². The van der Waals surface area contributed by atoms with Crippen LogP contribution in [0.5, 0.6) is 0 Å². The smallest absolute Gasteiger partial charge is 0.0766 e. The lowest BCUT2D eigenvalue weighted by Crippen LogP contribution is -2.15. The minimum absolute atomic E-state index is 0.733. The molecule has 1 heterocycles. The SMILES string of the molecule is Cc1ccc(-n2ccc(CNC3CC3)n2)c(C)c1. The zero-order chi connectivity index (χ0) is 12.5. The van der Waals surface area contributed by atoms with Gasteiger partial charge in [-0.15, -0.1) is 0 Å². The highest BCUT2D eigenvalue weighted by molar-refractivity contribution is 5.41. The standard InChI is InChI=1S/C15H19N3/c1-11-3-6-15(12(2)9-11)18-8-7-14(17-18)10-16-13-4-5-13/h3,6-9,13,16H,4-5,10H2,1-2H3. The maximum absolute atomic E-state index is 4.62. The molecule has 1 aliphatic rings. The van der Waals surface area contributed by atoms with E-state index in [9.17, 15) is 0 Å². The zero-order valence-electron chi connectivity index (χ0n) is 11.0. The number of hydrogen-bond acceptors (Lipinski definition) is 2. The molecule has 1 aromatic heterocycles. The van der Waals surface area contributed by atoms with Gasteiger partial charge in [0.15, 0.2) is 0 Å².